The van der Waals surface area contributed by atoms with Gasteiger partial charge in [0.2, 0.25) is 9.84 Å². The molecule has 0 spiro atoms. The number of benzene rings is 1. The van der Waals surface area contributed by atoms with E-state index in [0.717, 1.165) is 12.1 Å². The van der Waals surface area contributed by atoms with Gasteiger partial charge in [-0.25, -0.2) is 8.42 Å². The van der Waals surface area contributed by atoms with Crippen LogP contribution >= 0.6 is 0 Å². The smallest absolute Gasteiger partial charge is 0.258 e. The van der Waals surface area contributed by atoms with E-state index in [4.69, 9.17) is 5.26 Å². The highest BCUT2D eigenvalue weighted by Gasteiger charge is 2.30. The van der Waals surface area contributed by atoms with E-state index in [-0.39, 0.29) is 0 Å². The van der Waals surface area contributed by atoms with E-state index in [9.17, 15) is 18.5 Å². The molecule has 0 amide bonds. The molecule has 7 heteroatoms. The number of nitro benzene ring substituents is 1. The first-order valence-electron chi connectivity index (χ1n) is 4.28. The number of hydrogen-bond acceptors (Lipinski definition) is 5. The number of rotatable bonds is 3. The van der Waals surface area contributed by atoms with Gasteiger partial charge in [-0.1, -0.05) is 12.1 Å². The highest BCUT2D eigenvalue weighted by molar-refractivity contribution is 7.92. The zero-order chi connectivity index (χ0) is 12.3. The Kier molecular flexibility index (Phi) is 3.25. The summed E-state index contributed by atoms with van der Waals surface area (Å²) in [5.74, 6) is 0. The van der Waals surface area contributed by atoms with Gasteiger partial charge in [0.15, 0.2) is 0 Å². The van der Waals surface area contributed by atoms with Gasteiger partial charge in [-0.3, -0.25) is 10.1 Å². The van der Waals surface area contributed by atoms with Gasteiger partial charge in [0.25, 0.3) is 5.69 Å². The summed E-state index contributed by atoms with van der Waals surface area (Å²) in [6.45, 7) is 1.19. The maximum absolute atomic E-state index is 11.8. The van der Waals surface area contributed by atoms with Crippen LogP contribution in [0.15, 0.2) is 29.2 Å². The van der Waals surface area contributed by atoms with Crippen LogP contribution in [0.4, 0.5) is 5.69 Å². The molecule has 1 aromatic carbocycles. The first-order valence-corrected chi connectivity index (χ1v) is 5.83. The molecule has 1 atom stereocenters. The van der Waals surface area contributed by atoms with E-state index in [1.807, 2.05) is 0 Å². The van der Waals surface area contributed by atoms with Crippen LogP contribution in [-0.2, 0) is 9.84 Å². The van der Waals surface area contributed by atoms with Crippen molar-refractivity contribution in [2.45, 2.75) is 17.1 Å². The predicted octanol–water partition coefficient (Wildman–Crippen LogP) is 1.28. The standard InChI is InChI=1S/C9H8N2O4S/c1-7(6-10)16(14,15)9-5-3-2-4-8(9)11(12)13/h2-5,7H,1H3. The van der Waals surface area contributed by atoms with E-state index >= 15 is 0 Å². The van der Waals surface area contributed by atoms with E-state index in [1.165, 1.54) is 19.1 Å². The minimum Gasteiger partial charge on any atom is -0.258 e. The third kappa shape index (κ3) is 2.01. The SMILES string of the molecule is CC(C#N)S(=O)(=O)c1ccccc1[N+](=O)[O-]. The summed E-state index contributed by atoms with van der Waals surface area (Å²) in [6, 6.07) is 6.53. The van der Waals surface area contributed by atoms with Gasteiger partial charge in [-0.15, -0.1) is 0 Å². The quantitative estimate of drug-likeness (QED) is 0.585. The van der Waals surface area contributed by atoms with E-state index in [1.54, 1.807) is 6.07 Å². The Labute approximate surface area is 92.2 Å². The maximum atomic E-state index is 11.8. The first-order chi connectivity index (χ1) is 7.41. The number of nitriles is 1. The lowest BCUT2D eigenvalue weighted by Gasteiger charge is -2.05. The number of nitro groups is 1. The van der Waals surface area contributed by atoms with Crippen molar-refractivity contribution in [2.24, 2.45) is 0 Å². The average molecular weight is 240 g/mol. The molecule has 1 aromatic rings. The van der Waals surface area contributed by atoms with Crippen molar-refractivity contribution in [3.05, 3.63) is 34.4 Å². The Balaban J connectivity index is 3.47. The van der Waals surface area contributed by atoms with Crippen molar-refractivity contribution < 1.29 is 13.3 Å². The van der Waals surface area contributed by atoms with Crippen LogP contribution in [-0.4, -0.2) is 18.6 Å². The predicted molar refractivity (Wildman–Crippen MR) is 55.4 cm³/mol. The minimum absolute atomic E-state index is 0.422. The molecule has 16 heavy (non-hydrogen) atoms. The second-order valence-corrected chi connectivity index (χ2v) is 5.28. The highest BCUT2D eigenvalue weighted by Crippen LogP contribution is 2.26. The Morgan fingerprint density at radius 1 is 1.44 bits per heavy atom. The Morgan fingerprint density at radius 3 is 2.50 bits per heavy atom. The molecule has 0 radical (unpaired) electrons. The molecular formula is C9H8N2O4S. The molecule has 0 saturated heterocycles. The second kappa shape index (κ2) is 4.28. The van der Waals surface area contributed by atoms with Gasteiger partial charge in [0, 0.05) is 6.07 Å². The monoisotopic (exact) mass is 240 g/mol. The summed E-state index contributed by atoms with van der Waals surface area (Å²) in [4.78, 5) is 9.43. The summed E-state index contributed by atoms with van der Waals surface area (Å²) < 4.78 is 23.5. The van der Waals surface area contributed by atoms with Crippen LogP contribution in [0.3, 0.4) is 0 Å². The number of hydrogen-bond donors (Lipinski definition) is 0. The van der Waals surface area contributed by atoms with Gasteiger partial charge in [0.05, 0.1) is 11.0 Å². The molecule has 0 bridgehead atoms. The molecule has 0 N–H and O–H groups in total. The van der Waals surface area contributed by atoms with Crippen molar-refractivity contribution in [2.75, 3.05) is 0 Å². The van der Waals surface area contributed by atoms with Crippen molar-refractivity contribution in [3.8, 4) is 6.07 Å². The van der Waals surface area contributed by atoms with Crippen LogP contribution in [0.1, 0.15) is 6.92 Å². The normalized spacial score (nSPS) is 12.8. The summed E-state index contributed by atoms with van der Waals surface area (Å²) in [5.41, 5.74) is -0.510. The third-order valence-electron chi connectivity index (χ3n) is 2.02. The van der Waals surface area contributed by atoms with Crippen LogP contribution < -0.4 is 0 Å². The van der Waals surface area contributed by atoms with Crippen molar-refractivity contribution in [1.82, 2.24) is 0 Å². The highest BCUT2D eigenvalue weighted by atomic mass is 32.2. The minimum atomic E-state index is -3.97. The zero-order valence-electron chi connectivity index (χ0n) is 8.32. The summed E-state index contributed by atoms with van der Waals surface area (Å²) in [7, 11) is -3.97. The van der Waals surface area contributed by atoms with E-state index in [0.29, 0.717) is 0 Å². The van der Waals surface area contributed by atoms with Gasteiger partial charge in [-0.05, 0) is 13.0 Å². The van der Waals surface area contributed by atoms with E-state index in [2.05, 4.69) is 0 Å². The molecule has 0 fully saturated rings. The molecule has 0 aliphatic rings. The third-order valence-corrected chi connectivity index (χ3v) is 4.01. The molecular weight excluding hydrogens is 232 g/mol. The fourth-order valence-corrected chi connectivity index (χ4v) is 2.33. The molecule has 0 aliphatic carbocycles. The molecule has 0 aliphatic heterocycles. The summed E-state index contributed by atoms with van der Waals surface area (Å²) in [6.07, 6.45) is 0. The second-order valence-electron chi connectivity index (χ2n) is 3.04. The molecule has 0 heterocycles. The molecule has 84 valence electrons. The number of nitrogens with zero attached hydrogens (tertiary/aromatic N) is 2. The Hall–Kier alpha value is -1.94. The fraction of sp³-hybridized carbons (Fsp3) is 0.222. The summed E-state index contributed by atoms with van der Waals surface area (Å²) >= 11 is 0. The van der Waals surface area contributed by atoms with Crippen LogP contribution in [0.25, 0.3) is 0 Å². The molecule has 0 saturated carbocycles. The Morgan fingerprint density at radius 2 is 2.00 bits per heavy atom. The average Bonchev–Trinajstić information content (AvgIpc) is 2.27. The van der Waals surface area contributed by atoms with Crippen molar-refractivity contribution in [1.29, 1.82) is 5.26 Å². The van der Waals surface area contributed by atoms with Crippen molar-refractivity contribution >= 4 is 15.5 Å². The molecule has 0 aromatic heterocycles. The summed E-state index contributed by atoms with van der Waals surface area (Å²) in [5, 5.41) is 17.9. The Bertz CT molecular complexity index is 559. The number of sulfone groups is 1. The maximum Gasteiger partial charge on any atom is 0.288 e. The molecule has 1 unspecified atom stereocenters. The van der Waals surface area contributed by atoms with Crippen LogP contribution in [0.2, 0.25) is 0 Å². The van der Waals surface area contributed by atoms with Crippen molar-refractivity contribution in [3.63, 3.8) is 0 Å². The van der Waals surface area contributed by atoms with Crippen LogP contribution in [0, 0.1) is 21.4 Å². The molecule has 6 nitrogen and oxygen atoms in total. The zero-order valence-corrected chi connectivity index (χ0v) is 9.14. The van der Waals surface area contributed by atoms with Gasteiger partial charge >= 0.3 is 0 Å². The fourth-order valence-electron chi connectivity index (χ4n) is 1.11. The lowest BCUT2D eigenvalue weighted by molar-refractivity contribution is -0.387. The van der Waals surface area contributed by atoms with E-state index < -0.39 is 30.6 Å². The largest absolute Gasteiger partial charge is 0.288 e. The van der Waals surface area contributed by atoms with Crippen LogP contribution in [0.5, 0.6) is 0 Å². The van der Waals surface area contributed by atoms with Gasteiger partial charge in [0.1, 0.15) is 10.1 Å². The first kappa shape index (κ1) is 12.1. The molecule has 1 rings (SSSR count). The van der Waals surface area contributed by atoms with Gasteiger partial charge < -0.3 is 0 Å². The topological polar surface area (TPSA) is 101 Å². The number of para-hydroxylation sites is 1. The van der Waals surface area contributed by atoms with Gasteiger partial charge in [-0.2, -0.15) is 5.26 Å². The lowest BCUT2D eigenvalue weighted by Crippen LogP contribution is -2.17. The lowest BCUT2D eigenvalue weighted by atomic mass is 10.3.